The zero-order valence-corrected chi connectivity index (χ0v) is 6.49. The molecule has 0 atom stereocenters. The van der Waals surface area contributed by atoms with Gasteiger partial charge in [-0.25, -0.2) is 4.79 Å². The van der Waals surface area contributed by atoms with E-state index in [0.717, 1.165) is 0 Å². The molecule has 2 radical (unpaired) electrons. The second kappa shape index (κ2) is 4.12. The fourth-order valence-corrected chi connectivity index (χ4v) is 0.745. The van der Waals surface area contributed by atoms with E-state index in [-0.39, 0.29) is 0 Å². The first-order chi connectivity index (χ1) is 5.34. The monoisotopic (exact) mass is 168 g/mol. The summed E-state index contributed by atoms with van der Waals surface area (Å²) in [4.78, 5) is 10.9. The molecular formula is C7H6NO2S+. The average molecular weight is 168 g/mol. The third-order valence-electron chi connectivity index (χ3n) is 1.14. The molecule has 0 N–H and O–H groups in total. The van der Waals surface area contributed by atoms with Gasteiger partial charge >= 0.3 is 11.4 Å². The summed E-state index contributed by atoms with van der Waals surface area (Å²) in [5.74, 6) is -0.430. The largest absolute Gasteiger partial charge is 0.503 e. The number of rotatable bonds is 2. The van der Waals surface area contributed by atoms with E-state index in [2.05, 4.69) is 22.7 Å². The molecule has 1 aromatic rings. The first kappa shape index (κ1) is 8.26. The van der Waals surface area contributed by atoms with Gasteiger partial charge in [0.25, 0.3) is 0 Å². The van der Waals surface area contributed by atoms with E-state index < -0.39 is 5.91 Å². The number of carbonyl (C=O) groups is 1. The molecule has 0 saturated heterocycles. The SMILES string of the molecule is O=C([N+]OS)c1ccccc1. The number of amides is 1. The summed E-state index contributed by atoms with van der Waals surface area (Å²) in [6.45, 7) is 0. The molecule has 3 nitrogen and oxygen atoms in total. The van der Waals surface area contributed by atoms with Gasteiger partial charge in [0.2, 0.25) is 0 Å². The van der Waals surface area contributed by atoms with Crippen LogP contribution in [0, 0.1) is 0 Å². The number of nitrogens with zero attached hydrogens (tertiary/aromatic N) is 1. The standard InChI is InChI=1S/C7H6NO2S/c9-7(8-10-11)6-4-2-1-3-5-6/h1-5,11H/q+1. The van der Waals surface area contributed by atoms with Crippen LogP contribution in [-0.2, 0) is 4.28 Å². The molecule has 0 spiro atoms. The topological polar surface area (TPSA) is 40.4 Å². The first-order valence-corrected chi connectivity index (χ1v) is 3.32. The second-order valence-electron chi connectivity index (χ2n) is 1.84. The number of carbonyl (C=O) groups excluding carboxylic acids is 1. The van der Waals surface area contributed by atoms with E-state index in [0.29, 0.717) is 5.56 Å². The highest BCUT2D eigenvalue weighted by molar-refractivity contribution is 7.75. The second-order valence-corrected chi connectivity index (χ2v) is 2.01. The Morgan fingerprint density at radius 2 is 2.00 bits per heavy atom. The molecule has 0 heterocycles. The summed E-state index contributed by atoms with van der Waals surface area (Å²) in [6, 6.07) is 8.62. The van der Waals surface area contributed by atoms with E-state index in [9.17, 15) is 4.79 Å². The molecule has 0 bridgehead atoms. The van der Waals surface area contributed by atoms with Gasteiger partial charge < -0.3 is 0 Å². The van der Waals surface area contributed by atoms with E-state index in [1.54, 1.807) is 24.3 Å². The molecular weight excluding hydrogens is 162 g/mol. The van der Waals surface area contributed by atoms with Crippen molar-refractivity contribution in [3.05, 3.63) is 35.9 Å². The minimum atomic E-state index is -0.430. The Morgan fingerprint density at radius 3 is 2.55 bits per heavy atom. The molecule has 0 saturated carbocycles. The Bertz CT molecular complexity index is 237. The number of thiol groups is 1. The Labute approximate surface area is 69.9 Å². The van der Waals surface area contributed by atoms with Crippen LogP contribution in [0.1, 0.15) is 10.4 Å². The highest BCUT2D eigenvalue weighted by Crippen LogP contribution is 1.98. The molecule has 0 aliphatic rings. The van der Waals surface area contributed by atoms with Gasteiger partial charge in [0.05, 0.1) is 18.5 Å². The smallest absolute Gasteiger partial charge is 0.208 e. The average Bonchev–Trinajstić information content (AvgIpc) is 2.07. The number of hydrogen-bond acceptors (Lipinski definition) is 3. The third kappa shape index (κ3) is 2.34. The summed E-state index contributed by atoms with van der Waals surface area (Å²) in [7, 11) is 0. The van der Waals surface area contributed by atoms with Crippen molar-refractivity contribution in [3.8, 4) is 0 Å². The highest BCUT2D eigenvalue weighted by atomic mass is 32.1. The van der Waals surface area contributed by atoms with Gasteiger partial charge in [-0.15, -0.1) is 0 Å². The van der Waals surface area contributed by atoms with E-state index >= 15 is 0 Å². The number of hydroxylamine groups is 1. The zero-order valence-electron chi connectivity index (χ0n) is 5.60. The van der Waals surface area contributed by atoms with Crippen LogP contribution < -0.4 is 5.48 Å². The van der Waals surface area contributed by atoms with Gasteiger partial charge in [0, 0.05) is 0 Å². The lowest BCUT2D eigenvalue weighted by Gasteiger charge is -1.83. The molecule has 0 aliphatic heterocycles. The maximum Gasteiger partial charge on any atom is 0.503 e. The Kier molecular flexibility index (Phi) is 3.10. The van der Waals surface area contributed by atoms with E-state index in [4.69, 9.17) is 0 Å². The van der Waals surface area contributed by atoms with Gasteiger partial charge in [0.1, 0.15) is 0 Å². The van der Waals surface area contributed by atoms with Crippen molar-refractivity contribution in [1.29, 1.82) is 0 Å². The van der Waals surface area contributed by atoms with Crippen LogP contribution in [0.4, 0.5) is 0 Å². The highest BCUT2D eigenvalue weighted by Gasteiger charge is 2.22. The molecule has 56 valence electrons. The minimum Gasteiger partial charge on any atom is -0.208 e. The Morgan fingerprint density at radius 1 is 1.36 bits per heavy atom. The maximum absolute atomic E-state index is 10.9. The molecule has 4 heteroatoms. The van der Waals surface area contributed by atoms with Crippen LogP contribution in [0.15, 0.2) is 30.3 Å². The van der Waals surface area contributed by atoms with Crippen molar-refractivity contribution in [1.82, 2.24) is 5.48 Å². The number of hydrogen-bond donors (Lipinski definition) is 1. The summed E-state index contributed by atoms with van der Waals surface area (Å²) >= 11 is 3.32. The Hall–Kier alpha value is -0.840. The fraction of sp³-hybridized carbons (Fsp3) is 0. The third-order valence-corrected chi connectivity index (χ3v) is 1.23. The van der Waals surface area contributed by atoms with Crippen molar-refractivity contribution in [3.63, 3.8) is 0 Å². The molecule has 0 fully saturated rings. The van der Waals surface area contributed by atoms with Gasteiger partial charge in [-0.1, -0.05) is 18.2 Å². The Balaban J connectivity index is 2.69. The van der Waals surface area contributed by atoms with Gasteiger partial charge in [-0.2, -0.15) is 0 Å². The molecule has 1 aromatic carbocycles. The summed E-state index contributed by atoms with van der Waals surface area (Å²) in [6.07, 6.45) is 0. The van der Waals surface area contributed by atoms with Crippen LogP contribution >= 0.6 is 12.9 Å². The first-order valence-electron chi connectivity index (χ1n) is 2.95. The molecule has 0 aromatic heterocycles. The fourth-order valence-electron chi connectivity index (χ4n) is 0.671. The van der Waals surface area contributed by atoms with Crippen LogP contribution in [0.5, 0.6) is 0 Å². The van der Waals surface area contributed by atoms with Crippen LogP contribution in [-0.4, -0.2) is 5.91 Å². The van der Waals surface area contributed by atoms with Gasteiger partial charge in [0.15, 0.2) is 0 Å². The molecule has 11 heavy (non-hydrogen) atoms. The predicted octanol–water partition coefficient (Wildman–Crippen LogP) is 1.21. The summed E-state index contributed by atoms with van der Waals surface area (Å²) in [5, 5.41) is 0. The molecule has 1 rings (SSSR count). The molecule has 1 amide bonds. The van der Waals surface area contributed by atoms with Gasteiger partial charge in [-0.05, 0) is 16.4 Å². The van der Waals surface area contributed by atoms with Crippen molar-refractivity contribution in [2.24, 2.45) is 0 Å². The van der Waals surface area contributed by atoms with Crippen molar-refractivity contribution in [2.75, 3.05) is 0 Å². The lowest BCUT2D eigenvalue weighted by Crippen LogP contribution is -2.11. The van der Waals surface area contributed by atoms with Crippen LogP contribution in [0.2, 0.25) is 0 Å². The molecule has 0 unspecified atom stereocenters. The van der Waals surface area contributed by atoms with Crippen molar-refractivity contribution >= 4 is 18.8 Å². The van der Waals surface area contributed by atoms with Crippen LogP contribution in [0.3, 0.4) is 0 Å². The summed E-state index contributed by atoms with van der Waals surface area (Å²) < 4.78 is 4.03. The van der Waals surface area contributed by atoms with E-state index in [1.165, 1.54) is 0 Å². The lowest BCUT2D eigenvalue weighted by atomic mass is 10.2. The van der Waals surface area contributed by atoms with Crippen molar-refractivity contribution < 1.29 is 9.08 Å². The number of benzene rings is 1. The maximum atomic E-state index is 10.9. The van der Waals surface area contributed by atoms with E-state index in [1.807, 2.05) is 6.07 Å². The van der Waals surface area contributed by atoms with Crippen LogP contribution in [0.25, 0.3) is 0 Å². The lowest BCUT2D eigenvalue weighted by molar-refractivity contribution is 0.0787. The minimum absolute atomic E-state index is 0.430. The quantitative estimate of drug-likeness (QED) is 0.409. The normalized spacial score (nSPS) is 9.55. The van der Waals surface area contributed by atoms with Gasteiger partial charge in [-0.3, -0.25) is 0 Å². The zero-order chi connectivity index (χ0) is 8.10. The van der Waals surface area contributed by atoms with Crippen molar-refractivity contribution in [2.45, 2.75) is 0 Å². The predicted molar refractivity (Wildman–Crippen MR) is 43.0 cm³/mol. The summed E-state index contributed by atoms with van der Waals surface area (Å²) in [5.41, 5.74) is 3.61. The molecule has 0 aliphatic carbocycles.